The summed E-state index contributed by atoms with van der Waals surface area (Å²) in [6.45, 7) is 6.68. The Morgan fingerprint density at radius 1 is 1.22 bits per heavy atom. The molecular weight excluding hydrogens is 342 g/mol. The van der Waals surface area contributed by atoms with Crippen LogP contribution < -0.4 is 4.90 Å². The first-order chi connectivity index (χ1) is 13.1. The zero-order valence-corrected chi connectivity index (χ0v) is 16.0. The first kappa shape index (κ1) is 17.8. The van der Waals surface area contributed by atoms with Gasteiger partial charge in [0.2, 0.25) is 0 Å². The van der Waals surface area contributed by atoms with Gasteiger partial charge >= 0.3 is 0 Å². The predicted molar refractivity (Wildman–Crippen MR) is 105 cm³/mol. The van der Waals surface area contributed by atoms with Crippen molar-refractivity contribution in [3.05, 3.63) is 30.7 Å². The van der Waals surface area contributed by atoms with E-state index < -0.39 is 0 Å². The average molecular weight is 367 g/mol. The summed E-state index contributed by atoms with van der Waals surface area (Å²) in [6.07, 6.45) is 5.38. The predicted octanol–water partition coefficient (Wildman–Crippen LogP) is 1.58. The second-order valence-corrected chi connectivity index (χ2v) is 7.00. The molecule has 1 fully saturated rings. The molecule has 4 rings (SSSR count). The number of anilines is 1. The maximum atomic E-state index is 5.47. The summed E-state index contributed by atoms with van der Waals surface area (Å²) in [7, 11) is 3.99. The van der Waals surface area contributed by atoms with Crippen LogP contribution in [0.25, 0.3) is 22.4 Å². The van der Waals surface area contributed by atoms with Crippen LogP contribution in [-0.4, -0.2) is 75.6 Å². The summed E-state index contributed by atoms with van der Waals surface area (Å²) in [5.41, 5.74) is 1.72. The number of ether oxygens (including phenoxy) is 1. The highest BCUT2D eigenvalue weighted by atomic mass is 16.5. The molecule has 142 valence electrons. The molecule has 4 heterocycles. The quantitative estimate of drug-likeness (QED) is 0.678. The highest BCUT2D eigenvalue weighted by molar-refractivity contribution is 5.88. The number of hydrogen-bond acceptors (Lipinski definition) is 7. The summed E-state index contributed by atoms with van der Waals surface area (Å²) in [5, 5.41) is 5.35. The van der Waals surface area contributed by atoms with Gasteiger partial charge in [0.05, 0.1) is 24.8 Å². The largest absolute Gasteiger partial charge is 0.379 e. The smallest absolute Gasteiger partial charge is 0.165 e. The van der Waals surface area contributed by atoms with Gasteiger partial charge in [0.15, 0.2) is 11.5 Å². The van der Waals surface area contributed by atoms with Crippen LogP contribution in [0, 0.1) is 0 Å². The van der Waals surface area contributed by atoms with E-state index in [1.165, 1.54) is 0 Å². The lowest BCUT2D eigenvalue weighted by Crippen LogP contribution is -2.46. The Hall–Kier alpha value is -2.58. The van der Waals surface area contributed by atoms with E-state index >= 15 is 0 Å². The van der Waals surface area contributed by atoms with Gasteiger partial charge in [-0.2, -0.15) is 5.10 Å². The molecule has 1 aliphatic heterocycles. The molecule has 0 amide bonds. The number of nitrogens with zero attached hydrogens (tertiary/aromatic N) is 7. The molecule has 1 atom stereocenters. The zero-order valence-electron chi connectivity index (χ0n) is 16.0. The van der Waals surface area contributed by atoms with Crippen LogP contribution in [0.4, 0.5) is 5.82 Å². The molecule has 27 heavy (non-hydrogen) atoms. The van der Waals surface area contributed by atoms with E-state index in [0.717, 1.165) is 55.3 Å². The molecule has 0 radical (unpaired) electrons. The first-order valence-electron chi connectivity index (χ1n) is 9.26. The van der Waals surface area contributed by atoms with Crippen molar-refractivity contribution >= 4 is 16.9 Å². The minimum Gasteiger partial charge on any atom is -0.379 e. The van der Waals surface area contributed by atoms with Gasteiger partial charge in [0, 0.05) is 57.7 Å². The molecule has 0 aliphatic carbocycles. The average Bonchev–Trinajstić information content (AvgIpc) is 3.09. The van der Waals surface area contributed by atoms with Gasteiger partial charge in [0.1, 0.15) is 5.82 Å². The normalized spacial score (nSPS) is 16.6. The summed E-state index contributed by atoms with van der Waals surface area (Å²) in [5.74, 6) is 1.56. The molecular formula is C19H25N7O. The molecule has 8 heteroatoms. The number of hydrogen-bond donors (Lipinski definition) is 0. The third-order valence-electron chi connectivity index (χ3n) is 5.06. The van der Waals surface area contributed by atoms with Crippen molar-refractivity contribution in [2.24, 2.45) is 7.05 Å². The van der Waals surface area contributed by atoms with Crippen LogP contribution in [0.5, 0.6) is 0 Å². The van der Waals surface area contributed by atoms with Crippen molar-refractivity contribution in [2.45, 2.75) is 13.0 Å². The van der Waals surface area contributed by atoms with Crippen LogP contribution in [0.1, 0.15) is 6.92 Å². The Labute approximate surface area is 158 Å². The Balaban J connectivity index is 1.67. The molecule has 3 aromatic rings. The monoisotopic (exact) mass is 367 g/mol. The van der Waals surface area contributed by atoms with E-state index in [1.54, 1.807) is 17.1 Å². The third kappa shape index (κ3) is 3.63. The molecule has 0 saturated carbocycles. The summed E-state index contributed by atoms with van der Waals surface area (Å²) < 4.78 is 7.26. The van der Waals surface area contributed by atoms with Crippen LogP contribution in [-0.2, 0) is 11.8 Å². The maximum Gasteiger partial charge on any atom is 0.165 e. The van der Waals surface area contributed by atoms with E-state index in [1.807, 2.05) is 25.4 Å². The molecule has 1 saturated heterocycles. The second-order valence-electron chi connectivity index (χ2n) is 7.00. The van der Waals surface area contributed by atoms with Crippen molar-refractivity contribution in [2.75, 3.05) is 44.8 Å². The van der Waals surface area contributed by atoms with E-state index in [2.05, 4.69) is 33.9 Å². The van der Waals surface area contributed by atoms with Crippen molar-refractivity contribution in [3.8, 4) is 11.4 Å². The molecule has 8 nitrogen and oxygen atoms in total. The fourth-order valence-electron chi connectivity index (χ4n) is 3.54. The molecule has 0 spiro atoms. The molecule has 0 bridgehead atoms. The topological polar surface area (TPSA) is 72.2 Å². The van der Waals surface area contributed by atoms with Gasteiger partial charge in [-0.25, -0.2) is 9.97 Å². The number of rotatable bonds is 5. The van der Waals surface area contributed by atoms with E-state index in [-0.39, 0.29) is 0 Å². The number of morpholine rings is 1. The Bertz CT molecular complexity index is 905. The Morgan fingerprint density at radius 3 is 2.78 bits per heavy atom. The van der Waals surface area contributed by atoms with Crippen molar-refractivity contribution in [1.29, 1.82) is 0 Å². The van der Waals surface area contributed by atoms with Crippen molar-refractivity contribution < 1.29 is 4.74 Å². The number of aromatic nitrogens is 5. The summed E-state index contributed by atoms with van der Waals surface area (Å²) in [6, 6.07) is 4.28. The zero-order chi connectivity index (χ0) is 18.8. The van der Waals surface area contributed by atoms with Crippen molar-refractivity contribution in [3.63, 3.8) is 0 Å². The number of pyridine rings is 1. The molecule has 1 aliphatic rings. The Kier molecular flexibility index (Phi) is 5.00. The highest BCUT2D eigenvalue weighted by Crippen LogP contribution is 2.26. The van der Waals surface area contributed by atoms with Gasteiger partial charge in [-0.15, -0.1) is 0 Å². The van der Waals surface area contributed by atoms with Gasteiger partial charge in [-0.05, 0) is 19.1 Å². The molecule has 3 aromatic heterocycles. The fraction of sp³-hybridized carbons (Fsp3) is 0.474. The fourth-order valence-corrected chi connectivity index (χ4v) is 3.54. The van der Waals surface area contributed by atoms with Gasteiger partial charge in [-0.3, -0.25) is 14.6 Å². The SMILES string of the molecule is CC(CN(C)c1nc(-c2cccnc2)nc2c1cnn2C)N1CCOCC1. The number of aryl methyl sites for hydroxylation is 1. The number of fused-ring (bicyclic) bond motifs is 1. The second kappa shape index (κ2) is 7.58. The van der Waals surface area contributed by atoms with Crippen LogP contribution in [0.15, 0.2) is 30.7 Å². The standard InChI is InChI=1S/C19H25N7O/c1-14(26-7-9-27-10-8-26)13-24(2)18-16-12-21-25(3)19(16)23-17(22-18)15-5-4-6-20-11-15/h4-6,11-12,14H,7-10,13H2,1-3H3. The molecule has 1 unspecified atom stereocenters. The van der Waals surface area contributed by atoms with Gasteiger partial charge in [0.25, 0.3) is 0 Å². The summed E-state index contributed by atoms with van der Waals surface area (Å²) in [4.78, 5) is 18.4. The van der Waals surface area contributed by atoms with E-state index in [0.29, 0.717) is 11.9 Å². The van der Waals surface area contributed by atoms with E-state index in [4.69, 9.17) is 14.7 Å². The lowest BCUT2D eigenvalue weighted by molar-refractivity contribution is 0.0218. The van der Waals surface area contributed by atoms with Crippen LogP contribution in [0.3, 0.4) is 0 Å². The summed E-state index contributed by atoms with van der Waals surface area (Å²) >= 11 is 0. The minimum atomic E-state index is 0.405. The third-order valence-corrected chi connectivity index (χ3v) is 5.06. The Morgan fingerprint density at radius 2 is 2.04 bits per heavy atom. The lowest BCUT2D eigenvalue weighted by Gasteiger charge is -2.34. The molecule has 0 aromatic carbocycles. The maximum absolute atomic E-state index is 5.47. The van der Waals surface area contributed by atoms with E-state index in [9.17, 15) is 0 Å². The highest BCUT2D eigenvalue weighted by Gasteiger charge is 2.21. The van der Waals surface area contributed by atoms with Gasteiger partial charge in [-0.1, -0.05) is 0 Å². The first-order valence-corrected chi connectivity index (χ1v) is 9.26. The molecule has 0 N–H and O–H groups in total. The lowest BCUT2D eigenvalue weighted by atomic mass is 10.2. The van der Waals surface area contributed by atoms with Crippen LogP contribution in [0.2, 0.25) is 0 Å². The van der Waals surface area contributed by atoms with Gasteiger partial charge < -0.3 is 9.64 Å². The minimum absolute atomic E-state index is 0.405. The number of likely N-dealkylation sites (N-methyl/N-ethyl adjacent to an activating group) is 1. The van der Waals surface area contributed by atoms with Crippen molar-refractivity contribution in [1.82, 2.24) is 29.6 Å². The van der Waals surface area contributed by atoms with Crippen LogP contribution >= 0.6 is 0 Å².